The van der Waals surface area contributed by atoms with Crippen molar-refractivity contribution in [1.82, 2.24) is 10.2 Å². The van der Waals surface area contributed by atoms with Crippen LogP contribution in [-0.4, -0.2) is 57.9 Å². The van der Waals surface area contributed by atoms with E-state index in [-0.39, 0.29) is 0 Å². The van der Waals surface area contributed by atoms with Gasteiger partial charge >= 0.3 is 0 Å². The van der Waals surface area contributed by atoms with Crippen LogP contribution in [0.25, 0.3) is 0 Å². The van der Waals surface area contributed by atoms with E-state index in [1.54, 1.807) is 14.2 Å². The Balaban J connectivity index is 1.56. The fourth-order valence-corrected chi connectivity index (χ4v) is 4.37. The molecule has 1 saturated heterocycles. The Morgan fingerprint density at radius 3 is 2.79 bits per heavy atom. The number of aliphatic imine (C=N–C) groups is 1. The number of ether oxygens (including phenoxy) is 2. The van der Waals surface area contributed by atoms with Crippen molar-refractivity contribution in [2.75, 3.05) is 52.3 Å². The standard InChI is InChI=1S/C22H32N4O2S/c1-23-22(25-18-8-5-9-19(16-18)28-14-7-13-27-2)24-17-20(21-10-6-15-29-21)26-11-3-4-12-26/h5-6,8-10,15-16,20H,3-4,7,11-14,17H2,1-2H3,(H2,23,24,25). The van der Waals surface area contributed by atoms with E-state index in [0.717, 1.165) is 30.4 Å². The monoisotopic (exact) mass is 416 g/mol. The molecule has 0 bridgehead atoms. The molecule has 2 N–H and O–H groups in total. The summed E-state index contributed by atoms with van der Waals surface area (Å²) in [5, 5.41) is 9.05. The second-order valence-electron chi connectivity index (χ2n) is 7.08. The Kier molecular flexibility index (Phi) is 8.80. The molecule has 0 aliphatic carbocycles. The van der Waals surface area contributed by atoms with E-state index >= 15 is 0 Å². The SMILES string of the molecule is CN=C(NCC(c1cccs1)N1CCCC1)Nc1cccc(OCCCOC)c1. The van der Waals surface area contributed by atoms with E-state index in [9.17, 15) is 0 Å². The van der Waals surface area contributed by atoms with Crippen molar-refractivity contribution in [3.63, 3.8) is 0 Å². The number of guanidine groups is 1. The van der Waals surface area contributed by atoms with Gasteiger partial charge in [0.15, 0.2) is 5.96 Å². The van der Waals surface area contributed by atoms with Gasteiger partial charge in [0.1, 0.15) is 5.75 Å². The highest BCUT2D eigenvalue weighted by atomic mass is 32.1. The number of nitrogens with zero attached hydrogens (tertiary/aromatic N) is 2. The highest BCUT2D eigenvalue weighted by Crippen LogP contribution is 2.28. The highest BCUT2D eigenvalue weighted by Gasteiger charge is 2.24. The molecule has 158 valence electrons. The first-order valence-electron chi connectivity index (χ1n) is 10.3. The summed E-state index contributed by atoms with van der Waals surface area (Å²) in [5.74, 6) is 1.61. The van der Waals surface area contributed by atoms with E-state index < -0.39 is 0 Å². The maximum absolute atomic E-state index is 5.79. The van der Waals surface area contributed by atoms with Crippen LogP contribution in [0, 0.1) is 0 Å². The van der Waals surface area contributed by atoms with E-state index in [0.29, 0.717) is 19.3 Å². The molecule has 6 nitrogen and oxygen atoms in total. The van der Waals surface area contributed by atoms with Gasteiger partial charge in [-0.1, -0.05) is 12.1 Å². The van der Waals surface area contributed by atoms with Gasteiger partial charge in [0.05, 0.1) is 12.6 Å². The molecule has 7 heteroatoms. The molecule has 1 fully saturated rings. The molecule has 2 heterocycles. The molecule has 2 aromatic rings. The summed E-state index contributed by atoms with van der Waals surface area (Å²) < 4.78 is 10.9. The van der Waals surface area contributed by atoms with Crippen LogP contribution in [0.4, 0.5) is 5.69 Å². The number of benzene rings is 1. The molecule has 1 aromatic carbocycles. The highest BCUT2D eigenvalue weighted by molar-refractivity contribution is 7.10. The van der Waals surface area contributed by atoms with Crippen molar-refractivity contribution >= 4 is 23.0 Å². The van der Waals surface area contributed by atoms with Crippen molar-refractivity contribution in [3.8, 4) is 5.75 Å². The van der Waals surface area contributed by atoms with Crippen molar-refractivity contribution in [1.29, 1.82) is 0 Å². The second kappa shape index (κ2) is 11.8. The molecule has 0 saturated carbocycles. The minimum atomic E-state index is 0.381. The van der Waals surface area contributed by atoms with Gasteiger partial charge < -0.3 is 20.1 Å². The number of nitrogens with one attached hydrogen (secondary N) is 2. The predicted molar refractivity (Wildman–Crippen MR) is 121 cm³/mol. The van der Waals surface area contributed by atoms with Crippen LogP contribution < -0.4 is 15.4 Å². The van der Waals surface area contributed by atoms with Crippen molar-refractivity contribution in [2.24, 2.45) is 4.99 Å². The first-order valence-corrected chi connectivity index (χ1v) is 11.1. The van der Waals surface area contributed by atoms with E-state index in [4.69, 9.17) is 9.47 Å². The summed E-state index contributed by atoms with van der Waals surface area (Å²) >= 11 is 1.83. The number of thiophene rings is 1. The lowest BCUT2D eigenvalue weighted by Gasteiger charge is -2.27. The number of rotatable bonds is 10. The minimum absolute atomic E-state index is 0.381. The average molecular weight is 417 g/mol. The molecule has 1 aromatic heterocycles. The second-order valence-corrected chi connectivity index (χ2v) is 8.05. The number of hydrogen-bond donors (Lipinski definition) is 2. The Labute approximate surface area is 177 Å². The molecule has 0 radical (unpaired) electrons. The molecule has 0 amide bonds. The normalized spacial score (nSPS) is 16.0. The van der Waals surface area contributed by atoms with Crippen LogP contribution in [0.15, 0.2) is 46.8 Å². The largest absolute Gasteiger partial charge is 0.493 e. The average Bonchev–Trinajstić information content (AvgIpc) is 3.46. The van der Waals surface area contributed by atoms with Crippen molar-refractivity contribution < 1.29 is 9.47 Å². The van der Waals surface area contributed by atoms with Gasteiger partial charge in [0.25, 0.3) is 0 Å². The summed E-state index contributed by atoms with van der Waals surface area (Å²) in [7, 11) is 3.51. The lowest BCUT2D eigenvalue weighted by molar-refractivity contribution is 0.172. The Bertz CT molecular complexity index is 745. The molecule has 1 atom stereocenters. The zero-order valence-corrected chi connectivity index (χ0v) is 18.2. The van der Waals surface area contributed by atoms with Crippen LogP contribution in [-0.2, 0) is 4.74 Å². The molecule has 1 unspecified atom stereocenters. The lowest BCUT2D eigenvalue weighted by atomic mass is 10.2. The maximum atomic E-state index is 5.79. The molecular weight excluding hydrogens is 384 g/mol. The third kappa shape index (κ3) is 6.73. The summed E-state index contributed by atoms with van der Waals surface area (Å²) in [5.41, 5.74) is 0.955. The number of methoxy groups -OCH3 is 1. The van der Waals surface area contributed by atoms with E-state index in [1.807, 2.05) is 35.6 Å². The fraction of sp³-hybridized carbons (Fsp3) is 0.500. The predicted octanol–water partition coefficient (Wildman–Crippen LogP) is 3.99. The van der Waals surface area contributed by atoms with Crippen molar-refractivity contribution in [2.45, 2.75) is 25.3 Å². The quantitative estimate of drug-likeness (QED) is 0.348. The fourth-order valence-electron chi connectivity index (χ4n) is 3.51. The zero-order chi connectivity index (χ0) is 20.3. The van der Waals surface area contributed by atoms with Gasteiger partial charge in [0, 0.05) is 50.4 Å². The van der Waals surface area contributed by atoms with Crippen LogP contribution in [0.2, 0.25) is 0 Å². The lowest BCUT2D eigenvalue weighted by Crippen LogP contribution is -2.39. The summed E-state index contributed by atoms with van der Waals surface area (Å²) in [6.07, 6.45) is 3.44. The molecule has 29 heavy (non-hydrogen) atoms. The van der Waals surface area contributed by atoms with Crippen LogP contribution in [0.5, 0.6) is 5.75 Å². The number of likely N-dealkylation sites (tertiary alicyclic amines) is 1. The number of anilines is 1. The first-order chi connectivity index (χ1) is 14.3. The van der Waals surface area contributed by atoms with Gasteiger partial charge in [-0.25, -0.2) is 0 Å². The molecule has 1 aliphatic heterocycles. The Hall–Kier alpha value is -2.09. The van der Waals surface area contributed by atoms with Crippen molar-refractivity contribution in [3.05, 3.63) is 46.7 Å². The van der Waals surface area contributed by atoms with Gasteiger partial charge in [-0.3, -0.25) is 9.89 Å². The maximum Gasteiger partial charge on any atom is 0.195 e. The van der Waals surface area contributed by atoms with E-state index in [1.165, 1.54) is 30.8 Å². The molecule has 1 aliphatic rings. The van der Waals surface area contributed by atoms with E-state index in [2.05, 4.69) is 38.0 Å². The molecule has 3 rings (SSSR count). The summed E-state index contributed by atoms with van der Waals surface area (Å²) in [6, 6.07) is 12.7. The van der Waals surface area contributed by atoms with Gasteiger partial charge in [-0.15, -0.1) is 11.3 Å². The summed E-state index contributed by atoms with van der Waals surface area (Å²) in [6.45, 7) is 4.50. The summed E-state index contributed by atoms with van der Waals surface area (Å²) in [4.78, 5) is 8.38. The van der Waals surface area contributed by atoms with Crippen LogP contribution in [0.1, 0.15) is 30.2 Å². The third-order valence-corrected chi connectivity index (χ3v) is 5.97. The zero-order valence-electron chi connectivity index (χ0n) is 17.4. The van der Waals surface area contributed by atoms with Gasteiger partial charge in [-0.05, 0) is 49.5 Å². The third-order valence-electron chi connectivity index (χ3n) is 5.00. The van der Waals surface area contributed by atoms with Crippen LogP contribution in [0.3, 0.4) is 0 Å². The molecule has 0 spiro atoms. The topological polar surface area (TPSA) is 58.1 Å². The molecular formula is C22H32N4O2S. The van der Waals surface area contributed by atoms with Gasteiger partial charge in [0.2, 0.25) is 0 Å². The first kappa shape index (κ1) is 21.6. The minimum Gasteiger partial charge on any atom is -0.493 e. The Morgan fingerprint density at radius 2 is 2.07 bits per heavy atom. The van der Waals surface area contributed by atoms with Crippen LogP contribution >= 0.6 is 11.3 Å². The van der Waals surface area contributed by atoms with Gasteiger partial charge in [-0.2, -0.15) is 0 Å². The smallest absolute Gasteiger partial charge is 0.195 e. The Morgan fingerprint density at radius 1 is 1.21 bits per heavy atom. The number of hydrogen-bond acceptors (Lipinski definition) is 5.